The van der Waals surface area contributed by atoms with Gasteiger partial charge in [0.25, 0.3) is 5.56 Å². The number of hydrogen-bond acceptors (Lipinski definition) is 4. The molecule has 132 valence electrons. The summed E-state index contributed by atoms with van der Waals surface area (Å²) in [6, 6.07) is 12.9. The minimum Gasteiger partial charge on any atom is -0.355 e. The number of rotatable bonds is 7. The van der Waals surface area contributed by atoms with E-state index < -0.39 is 0 Å². The van der Waals surface area contributed by atoms with Gasteiger partial charge in [-0.1, -0.05) is 30.3 Å². The second kappa shape index (κ2) is 8.58. The molecule has 1 fully saturated rings. The first kappa shape index (κ1) is 17.4. The van der Waals surface area contributed by atoms with Crippen LogP contribution < -0.4 is 10.9 Å². The summed E-state index contributed by atoms with van der Waals surface area (Å²) >= 11 is 0. The van der Waals surface area contributed by atoms with Crippen LogP contribution in [-0.2, 0) is 11.3 Å². The van der Waals surface area contributed by atoms with Crippen molar-refractivity contribution in [1.29, 1.82) is 0 Å². The van der Waals surface area contributed by atoms with Gasteiger partial charge in [0.2, 0.25) is 5.91 Å². The summed E-state index contributed by atoms with van der Waals surface area (Å²) in [4.78, 5) is 26.3. The fraction of sp³-hybridized carbons (Fsp3) is 0.421. The molecule has 6 heteroatoms. The van der Waals surface area contributed by atoms with Gasteiger partial charge in [0.05, 0.1) is 12.2 Å². The van der Waals surface area contributed by atoms with Crippen LogP contribution in [0.2, 0.25) is 0 Å². The van der Waals surface area contributed by atoms with E-state index >= 15 is 0 Å². The molecule has 0 spiro atoms. The van der Waals surface area contributed by atoms with Crippen LogP contribution in [0, 0.1) is 0 Å². The Hall–Kier alpha value is -2.47. The molecule has 0 radical (unpaired) electrons. The lowest BCUT2D eigenvalue weighted by Gasteiger charge is -2.14. The molecule has 3 rings (SSSR count). The summed E-state index contributed by atoms with van der Waals surface area (Å²) in [5.41, 5.74) is 1.49. The molecule has 1 aromatic heterocycles. The molecule has 2 aromatic rings. The van der Waals surface area contributed by atoms with Gasteiger partial charge >= 0.3 is 0 Å². The van der Waals surface area contributed by atoms with Crippen LogP contribution in [0.15, 0.2) is 47.3 Å². The first-order valence-electron chi connectivity index (χ1n) is 8.85. The van der Waals surface area contributed by atoms with E-state index in [1.54, 1.807) is 6.07 Å². The molecule has 2 heterocycles. The molecule has 0 atom stereocenters. The lowest BCUT2D eigenvalue weighted by molar-refractivity contribution is -0.121. The Labute approximate surface area is 147 Å². The smallest absolute Gasteiger partial charge is 0.266 e. The summed E-state index contributed by atoms with van der Waals surface area (Å²) in [5.74, 6) is -0.0435. The molecule has 1 N–H and O–H groups in total. The Morgan fingerprint density at radius 2 is 1.80 bits per heavy atom. The van der Waals surface area contributed by atoms with Crippen LogP contribution in [0.5, 0.6) is 0 Å². The first-order valence-corrected chi connectivity index (χ1v) is 8.85. The van der Waals surface area contributed by atoms with Crippen molar-refractivity contribution in [2.75, 3.05) is 26.2 Å². The number of nitrogens with zero attached hydrogens (tertiary/aromatic N) is 3. The monoisotopic (exact) mass is 340 g/mol. The Kier molecular flexibility index (Phi) is 5.95. The maximum atomic E-state index is 12.0. The Balaban J connectivity index is 1.52. The lowest BCUT2D eigenvalue weighted by atomic mass is 10.1. The van der Waals surface area contributed by atoms with Crippen LogP contribution >= 0.6 is 0 Å². The van der Waals surface area contributed by atoms with Gasteiger partial charge in [0.15, 0.2) is 0 Å². The van der Waals surface area contributed by atoms with Crippen molar-refractivity contribution in [2.45, 2.75) is 25.8 Å². The second-order valence-corrected chi connectivity index (χ2v) is 6.29. The zero-order valence-corrected chi connectivity index (χ0v) is 14.4. The molecule has 1 aliphatic rings. The summed E-state index contributed by atoms with van der Waals surface area (Å²) in [7, 11) is 0. The average Bonchev–Trinajstić information content (AvgIpc) is 3.15. The fourth-order valence-electron chi connectivity index (χ4n) is 3.03. The number of hydrogen-bond donors (Lipinski definition) is 1. The third-order valence-corrected chi connectivity index (χ3v) is 4.44. The standard InChI is InChI=1S/C19H24N4O2/c24-18(20-11-15-22-12-4-5-13-22)10-14-23-19(25)9-8-17(21-23)16-6-2-1-3-7-16/h1-3,6-9H,4-5,10-15H2,(H,20,24). The number of amides is 1. The van der Waals surface area contributed by atoms with Crippen molar-refractivity contribution < 1.29 is 4.79 Å². The molecule has 1 saturated heterocycles. The van der Waals surface area contributed by atoms with Gasteiger partial charge in [-0.3, -0.25) is 9.59 Å². The van der Waals surface area contributed by atoms with E-state index in [-0.39, 0.29) is 24.4 Å². The third kappa shape index (κ3) is 5.00. The first-order chi connectivity index (χ1) is 12.2. The number of aryl methyl sites for hydroxylation is 1. The topological polar surface area (TPSA) is 67.2 Å². The molecular formula is C19H24N4O2. The van der Waals surface area contributed by atoms with Gasteiger partial charge < -0.3 is 10.2 Å². The maximum Gasteiger partial charge on any atom is 0.266 e. The van der Waals surface area contributed by atoms with Gasteiger partial charge in [0.1, 0.15) is 0 Å². The quantitative estimate of drug-likeness (QED) is 0.830. The van der Waals surface area contributed by atoms with Crippen LogP contribution in [0.3, 0.4) is 0 Å². The molecule has 1 amide bonds. The van der Waals surface area contributed by atoms with Crippen LogP contribution in [0.4, 0.5) is 0 Å². The van der Waals surface area contributed by atoms with Crippen molar-refractivity contribution >= 4 is 5.91 Å². The van der Waals surface area contributed by atoms with E-state index in [1.807, 2.05) is 30.3 Å². The Morgan fingerprint density at radius 3 is 2.56 bits per heavy atom. The van der Waals surface area contributed by atoms with Crippen molar-refractivity contribution in [3.05, 3.63) is 52.8 Å². The Morgan fingerprint density at radius 1 is 1.04 bits per heavy atom. The Bertz CT molecular complexity index is 752. The molecule has 0 saturated carbocycles. The summed E-state index contributed by atoms with van der Waals surface area (Å²) < 4.78 is 1.36. The average molecular weight is 340 g/mol. The maximum absolute atomic E-state index is 12.0. The van der Waals surface area contributed by atoms with Crippen LogP contribution in [0.25, 0.3) is 11.3 Å². The molecule has 25 heavy (non-hydrogen) atoms. The molecule has 1 aliphatic heterocycles. The zero-order valence-electron chi connectivity index (χ0n) is 14.4. The second-order valence-electron chi connectivity index (χ2n) is 6.29. The van der Waals surface area contributed by atoms with E-state index in [2.05, 4.69) is 15.3 Å². The van der Waals surface area contributed by atoms with Gasteiger partial charge in [-0.25, -0.2) is 4.68 Å². The van der Waals surface area contributed by atoms with Gasteiger partial charge in [0, 0.05) is 31.1 Å². The predicted molar refractivity (Wildman–Crippen MR) is 97.2 cm³/mol. The largest absolute Gasteiger partial charge is 0.355 e. The highest BCUT2D eigenvalue weighted by Crippen LogP contribution is 2.14. The van der Waals surface area contributed by atoms with E-state index in [1.165, 1.54) is 23.6 Å². The van der Waals surface area contributed by atoms with Gasteiger partial charge in [-0.05, 0) is 32.0 Å². The summed E-state index contributed by atoms with van der Waals surface area (Å²) in [5, 5.41) is 7.30. The number of aromatic nitrogens is 2. The van der Waals surface area contributed by atoms with Crippen molar-refractivity contribution in [1.82, 2.24) is 20.0 Å². The van der Waals surface area contributed by atoms with Crippen LogP contribution in [0.1, 0.15) is 19.3 Å². The zero-order chi connectivity index (χ0) is 17.5. The minimum absolute atomic E-state index is 0.0435. The number of nitrogens with one attached hydrogen (secondary N) is 1. The van der Waals surface area contributed by atoms with Gasteiger partial charge in [-0.2, -0.15) is 5.10 Å². The number of likely N-dealkylation sites (tertiary alicyclic amines) is 1. The molecule has 0 aliphatic carbocycles. The SMILES string of the molecule is O=C(CCn1nc(-c2ccccc2)ccc1=O)NCCN1CCCC1. The van der Waals surface area contributed by atoms with E-state index in [9.17, 15) is 9.59 Å². The molecule has 0 unspecified atom stereocenters. The molecule has 0 bridgehead atoms. The normalized spacial score (nSPS) is 14.6. The lowest BCUT2D eigenvalue weighted by Crippen LogP contribution is -2.34. The van der Waals surface area contributed by atoms with E-state index in [4.69, 9.17) is 0 Å². The number of carbonyl (C=O) groups excluding carboxylic acids is 1. The predicted octanol–water partition coefficient (Wildman–Crippen LogP) is 1.51. The number of benzene rings is 1. The highest BCUT2D eigenvalue weighted by molar-refractivity contribution is 5.75. The highest BCUT2D eigenvalue weighted by Gasteiger charge is 2.11. The highest BCUT2D eigenvalue weighted by atomic mass is 16.2. The molecular weight excluding hydrogens is 316 g/mol. The van der Waals surface area contributed by atoms with Crippen molar-refractivity contribution in [3.8, 4) is 11.3 Å². The fourth-order valence-corrected chi connectivity index (χ4v) is 3.03. The molecule has 1 aromatic carbocycles. The van der Waals surface area contributed by atoms with Crippen LogP contribution in [-0.4, -0.2) is 46.8 Å². The summed E-state index contributed by atoms with van der Waals surface area (Å²) in [6.07, 6.45) is 2.76. The van der Waals surface area contributed by atoms with E-state index in [0.717, 1.165) is 30.9 Å². The van der Waals surface area contributed by atoms with E-state index in [0.29, 0.717) is 6.54 Å². The molecule has 6 nitrogen and oxygen atoms in total. The summed E-state index contributed by atoms with van der Waals surface area (Å²) in [6.45, 7) is 4.09. The number of carbonyl (C=O) groups is 1. The third-order valence-electron chi connectivity index (χ3n) is 4.44. The van der Waals surface area contributed by atoms with Gasteiger partial charge in [-0.15, -0.1) is 0 Å². The van der Waals surface area contributed by atoms with Crippen molar-refractivity contribution in [2.24, 2.45) is 0 Å². The minimum atomic E-state index is -0.190. The van der Waals surface area contributed by atoms with Crippen molar-refractivity contribution in [3.63, 3.8) is 0 Å².